The van der Waals surface area contributed by atoms with Crippen LogP contribution >= 0.6 is 0 Å². The van der Waals surface area contributed by atoms with Crippen molar-refractivity contribution in [2.24, 2.45) is 9.98 Å². The van der Waals surface area contributed by atoms with Gasteiger partial charge in [0.1, 0.15) is 12.0 Å². The smallest absolute Gasteiger partial charge is 0.190 e. The maximum absolute atomic E-state index is 4.63. The average Bonchev–Trinajstić information content (AvgIpc) is 2.69. The lowest BCUT2D eigenvalue weighted by molar-refractivity contribution is 0.680. The Balaban J connectivity index is 1.78. The third-order valence-electron chi connectivity index (χ3n) is 3.24. The van der Waals surface area contributed by atoms with Gasteiger partial charge < -0.3 is 0 Å². The highest BCUT2D eigenvalue weighted by molar-refractivity contribution is 6.05. The first-order valence-corrected chi connectivity index (χ1v) is 7.13. The Morgan fingerprint density at radius 3 is 2.58 bits per heavy atom. The summed E-state index contributed by atoms with van der Waals surface area (Å²) in [5.74, 6) is 1.58. The van der Waals surface area contributed by atoms with Gasteiger partial charge >= 0.3 is 0 Å². The highest BCUT2D eigenvalue weighted by atomic mass is 15.4. The predicted octanol–water partition coefficient (Wildman–Crippen LogP) is 1.05. The van der Waals surface area contributed by atoms with Crippen molar-refractivity contribution in [3.05, 3.63) is 66.9 Å². The molecule has 0 spiro atoms. The van der Waals surface area contributed by atoms with E-state index in [2.05, 4.69) is 40.1 Å². The molecule has 116 valence electrons. The van der Waals surface area contributed by atoms with Crippen molar-refractivity contribution in [2.75, 3.05) is 4.90 Å². The van der Waals surface area contributed by atoms with Crippen LogP contribution in [0.25, 0.3) is 0 Å². The van der Waals surface area contributed by atoms with Crippen molar-refractivity contribution >= 4 is 18.0 Å². The summed E-state index contributed by atoms with van der Waals surface area (Å²) in [6.07, 6.45) is 10.8. The normalized spacial score (nSPS) is 16.8. The Morgan fingerprint density at radius 2 is 1.83 bits per heavy atom. The van der Waals surface area contributed by atoms with Gasteiger partial charge in [0.2, 0.25) is 0 Å². The first-order valence-electron chi connectivity index (χ1n) is 7.13. The highest BCUT2D eigenvalue weighted by Gasteiger charge is 2.27. The van der Waals surface area contributed by atoms with Crippen LogP contribution in [0.15, 0.2) is 65.4 Å². The van der Waals surface area contributed by atoms with Gasteiger partial charge in [-0.2, -0.15) is 5.10 Å². The maximum Gasteiger partial charge on any atom is 0.190 e. The highest BCUT2D eigenvalue weighted by Crippen LogP contribution is 2.26. The van der Waals surface area contributed by atoms with E-state index < -0.39 is 6.17 Å². The van der Waals surface area contributed by atoms with Crippen LogP contribution in [0.5, 0.6) is 0 Å². The fraction of sp³-hybridized carbons (Fsp3) is 0.0667. The van der Waals surface area contributed by atoms with E-state index in [9.17, 15) is 0 Å². The Bertz CT molecular complexity index is 865. The topological polar surface area (TPSA) is 105 Å². The molecule has 0 radical (unpaired) electrons. The Morgan fingerprint density at radius 1 is 0.917 bits per heavy atom. The van der Waals surface area contributed by atoms with E-state index in [0.717, 1.165) is 0 Å². The third kappa shape index (κ3) is 2.70. The molecule has 9 nitrogen and oxygen atoms in total. The van der Waals surface area contributed by atoms with Crippen LogP contribution in [0.3, 0.4) is 0 Å². The van der Waals surface area contributed by atoms with E-state index in [-0.39, 0.29) is 0 Å². The zero-order chi connectivity index (χ0) is 16.2. The van der Waals surface area contributed by atoms with Gasteiger partial charge in [0.15, 0.2) is 23.6 Å². The monoisotopic (exact) mass is 317 g/mol. The molecule has 3 aromatic rings. The van der Waals surface area contributed by atoms with Crippen molar-refractivity contribution < 1.29 is 0 Å². The van der Waals surface area contributed by atoms with Gasteiger partial charge in [0, 0.05) is 31.0 Å². The van der Waals surface area contributed by atoms with Crippen LogP contribution in [0.4, 0.5) is 5.82 Å². The van der Waals surface area contributed by atoms with Crippen molar-refractivity contribution in [1.29, 1.82) is 0 Å². The molecule has 1 aliphatic rings. The summed E-state index contributed by atoms with van der Waals surface area (Å²) in [6.45, 7) is 0. The fourth-order valence-electron chi connectivity index (χ4n) is 2.18. The summed E-state index contributed by atoms with van der Waals surface area (Å²) in [7, 11) is 0. The molecule has 0 aliphatic carbocycles. The van der Waals surface area contributed by atoms with Crippen LogP contribution in [-0.2, 0) is 0 Å². The number of rotatable bonds is 3. The molecule has 0 amide bonds. The minimum Gasteiger partial charge on any atom is -0.285 e. The standard InChI is InChI=1S/C15H11N9/c1-3-12(23-21-6-1)24-10-20-13(11-9-16-7-8-17-11)22-15(24)14-18-4-2-5-19-14/h1-10,15H. The maximum atomic E-state index is 4.63. The van der Waals surface area contributed by atoms with Crippen molar-refractivity contribution in [2.45, 2.75) is 6.17 Å². The number of anilines is 1. The van der Waals surface area contributed by atoms with E-state index in [1.165, 1.54) is 0 Å². The zero-order valence-electron chi connectivity index (χ0n) is 12.4. The molecule has 1 unspecified atom stereocenters. The van der Waals surface area contributed by atoms with E-state index in [0.29, 0.717) is 23.2 Å². The van der Waals surface area contributed by atoms with Gasteiger partial charge in [-0.15, -0.1) is 5.10 Å². The molecule has 1 aliphatic heterocycles. The first kappa shape index (κ1) is 14.0. The number of hydrogen-bond donors (Lipinski definition) is 0. The summed E-state index contributed by atoms with van der Waals surface area (Å²) in [5, 5.41) is 8.01. The lowest BCUT2D eigenvalue weighted by Gasteiger charge is -2.27. The number of nitrogens with zero attached hydrogens (tertiary/aromatic N) is 9. The number of amidine groups is 1. The van der Waals surface area contributed by atoms with Gasteiger partial charge in [0.05, 0.1) is 6.20 Å². The molecular formula is C15H11N9. The van der Waals surface area contributed by atoms with Crippen LogP contribution in [0.2, 0.25) is 0 Å². The molecule has 0 aromatic carbocycles. The first-order chi connectivity index (χ1) is 11.9. The van der Waals surface area contributed by atoms with Crippen LogP contribution < -0.4 is 4.90 Å². The molecule has 4 heterocycles. The number of aliphatic imine (C=N–C) groups is 2. The minimum absolute atomic E-state index is 0.459. The second-order valence-electron chi connectivity index (χ2n) is 4.76. The second kappa shape index (κ2) is 6.24. The lowest BCUT2D eigenvalue weighted by Crippen LogP contribution is -2.32. The molecule has 0 saturated heterocycles. The third-order valence-corrected chi connectivity index (χ3v) is 3.24. The van der Waals surface area contributed by atoms with Gasteiger partial charge in [0.25, 0.3) is 0 Å². The molecule has 0 N–H and O–H groups in total. The van der Waals surface area contributed by atoms with Gasteiger partial charge in [-0.1, -0.05) is 0 Å². The minimum atomic E-state index is -0.516. The Kier molecular flexibility index (Phi) is 3.64. The Hall–Kier alpha value is -3.62. The largest absolute Gasteiger partial charge is 0.285 e. The fourth-order valence-corrected chi connectivity index (χ4v) is 2.18. The van der Waals surface area contributed by atoms with E-state index in [4.69, 9.17) is 0 Å². The van der Waals surface area contributed by atoms with Crippen molar-refractivity contribution in [3.63, 3.8) is 0 Å². The quantitative estimate of drug-likeness (QED) is 0.710. The average molecular weight is 317 g/mol. The lowest BCUT2D eigenvalue weighted by atomic mass is 10.3. The molecule has 4 rings (SSSR count). The van der Waals surface area contributed by atoms with Gasteiger partial charge in [-0.05, 0) is 18.2 Å². The van der Waals surface area contributed by atoms with Crippen LogP contribution in [-0.4, -0.2) is 42.3 Å². The predicted molar refractivity (Wildman–Crippen MR) is 86.3 cm³/mol. The van der Waals surface area contributed by atoms with E-state index >= 15 is 0 Å². The summed E-state index contributed by atoms with van der Waals surface area (Å²) in [5.41, 5.74) is 0.577. The summed E-state index contributed by atoms with van der Waals surface area (Å²) < 4.78 is 0. The molecule has 1 atom stereocenters. The number of aromatic nitrogens is 6. The molecule has 0 bridgehead atoms. The molecule has 9 heteroatoms. The van der Waals surface area contributed by atoms with E-state index in [1.54, 1.807) is 60.6 Å². The number of hydrogen-bond acceptors (Lipinski definition) is 9. The van der Waals surface area contributed by atoms with Gasteiger partial charge in [-0.3, -0.25) is 9.88 Å². The summed E-state index contributed by atoms with van der Waals surface area (Å²) >= 11 is 0. The second-order valence-corrected chi connectivity index (χ2v) is 4.76. The molecule has 3 aromatic heterocycles. The molecule has 0 saturated carbocycles. The molecule has 0 fully saturated rings. The molecule has 24 heavy (non-hydrogen) atoms. The van der Waals surface area contributed by atoms with Crippen LogP contribution in [0, 0.1) is 0 Å². The van der Waals surface area contributed by atoms with Crippen molar-refractivity contribution in [3.8, 4) is 0 Å². The Labute approximate surface area is 136 Å². The SMILES string of the molecule is C1=NC(c2cnccn2)=NC(c2ncccn2)N1c1cccnn1. The summed E-state index contributed by atoms with van der Waals surface area (Å²) in [6, 6.07) is 5.36. The van der Waals surface area contributed by atoms with Crippen molar-refractivity contribution in [1.82, 2.24) is 30.1 Å². The van der Waals surface area contributed by atoms with E-state index in [1.807, 2.05) is 6.07 Å². The summed E-state index contributed by atoms with van der Waals surface area (Å²) in [4.78, 5) is 27.6. The molecular weight excluding hydrogens is 306 g/mol. The zero-order valence-corrected chi connectivity index (χ0v) is 12.4. The van der Waals surface area contributed by atoms with Crippen LogP contribution in [0.1, 0.15) is 17.7 Å². The van der Waals surface area contributed by atoms with Gasteiger partial charge in [-0.25, -0.2) is 24.9 Å².